The number of hydrogen-bond donors (Lipinski definition) is 2. The average molecular weight is 296 g/mol. The van der Waals surface area contributed by atoms with Gasteiger partial charge in [-0.15, -0.1) is 0 Å². The molecular weight excluding hydrogens is 280 g/mol. The summed E-state index contributed by atoms with van der Waals surface area (Å²) >= 11 is 0. The SMILES string of the molecule is O=c1[nH]c(N2CCCC(c3ncn[nH]3)C2)nc2ccccc12. The Balaban J connectivity index is 1.68. The quantitative estimate of drug-likeness (QED) is 0.746. The van der Waals surface area contributed by atoms with Gasteiger partial charge in [-0.2, -0.15) is 5.10 Å². The molecule has 22 heavy (non-hydrogen) atoms. The van der Waals surface area contributed by atoms with E-state index in [1.165, 1.54) is 6.33 Å². The van der Waals surface area contributed by atoms with Gasteiger partial charge >= 0.3 is 0 Å². The maximum atomic E-state index is 12.2. The smallest absolute Gasteiger partial charge is 0.260 e. The van der Waals surface area contributed by atoms with Crippen LogP contribution in [0.15, 0.2) is 35.4 Å². The Labute approximate surface area is 126 Å². The van der Waals surface area contributed by atoms with Crippen LogP contribution in [0.1, 0.15) is 24.6 Å². The molecule has 112 valence electrons. The van der Waals surface area contributed by atoms with Gasteiger partial charge in [0.25, 0.3) is 5.56 Å². The van der Waals surface area contributed by atoms with Gasteiger partial charge < -0.3 is 4.90 Å². The van der Waals surface area contributed by atoms with Crippen molar-refractivity contribution < 1.29 is 0 Å². The molecule has 7 nitrogen and oxygen atoms in total. The van der Waals surface area contributed by atoms with Crippen LogP contribution in [-0.4, -0.2) is 38.2 Å². The predicted octanol–water partition coefficient (Wildman–Crippen LogP) is 1.43. The van der Waals surface area contributed by atoms with Crippen molar-refractivity contribution in [3.63, 3.8) is 0 Å². The molecule has 0 saturated carbocycles. The van der Waals surface area contributed by atoms with Crippen LogP contribution >= 0.6 is 0 Å². The second-order valence-corrected chi connectivity index (χ2v) is 5.56. The minimum absolute atomic E-state index is 0.0950. The number of aromatic nitrogens is 5. The molecule has 2 N–H and O–H groups in total. The summed E-state index contributed by atoms with van der Waals surface area (Å²) in [7, 11) is 0. The fourth-order valence-electron chi connectivity index (χ4n) is 3.03. The van der Waals surface area contributed by atoms with Gasteiger partial charge in [0, 0.05) is 19.0 Å². The van der Waals surface area contributed by atoms with Crippen molar-refractivity contribution in [2.45, 2.75) is 18.8 Å². The number of nitrogens with zero attached hydrogens (tertiary/aromatic N) is 4. The Morgan fingerprint density at radius 3 is 3.05 bits per heavy atom. The Morgan fingerprint density at radius 2 is 2.18 bits per heavy atom. The van der Waals surface area contributed by atoms with Gasteiger partial charge in [-0.3, -0.25) is 14.9 Å². The number of para-hydroxylation sites is 1. The van der Waals surface area contributed by atoms with Crippen molar-refractivity contribution in [3.8, 4) is 0 Å². The molecule has 4 rings (SSSR count). The highest BCUT2D eigenvalue weighted by molar-refractivity contribution is 5.78. The lowest BCUT2D eigenvalue weighted by molar-refractivity contribution is 0.487. The lowest BCUT2D eigenvalue weighted by Crippen LogP contribution is -2.37. The summed E-state index contributed by atoms with van der Waals surface area (Å²) in [6.45, 7) is 1.66. The van der Waals surface area contributed by atoms with Crippen LogP contribution in [0.5, 0.6) is 0 Å². The standard InChI is InChI=1S/C15H16N6O/c22-14-11-5-1-2-6-12(11)18-15(19-14)21-7-3-4-10(8-21)13-16-9-17-20-13/h1-2,5-6,9-10H,3-4,7-8H2,(H,16,17,20)(H,18,19,22). The number of H-pyrrole nitrogens is 2. The Morgan fingerprint density at radius 1 is 1.27 bits per heavy atom. The maximum absolute atomic E-state index is 12.2. The van der Waals surface area contributed by atoms with Crippen LogP contribution in [0.4, 0.5) is 5.95 Å². The van der Waals surface area contributed by atoms with Crippen molar-refractivity contribution >= 4 is 16.9 Å². The second-order valence-electron chi connectivity index (χ2n) is 5.56. The Bertz CT molecular complexity index is 841. The Kier molecular flexibility index (Phi) is 3.10. The highest BCUT2D eigenvalue weighted by Gasteiger charge is 2.25. The minimum Gasteiger partial charge on any atom is -0.342 e. The van der Waals surface area contributed by atoms with E-state index in [1.54, 1.807) is 6.07 Å². The first-order valence-electron chi connectivity index (χ1n) is 7.40. The number of hydrogen-bond acceptors (Lipinski definition) is 5. The first kappa shape index (κ1) is 13.0. The molecular formula is C15H16N6O. The molecule has 0 amide bonds. The molecule has 2 aromatic heterocycles. The van der Waals surface area contributed by atoms with Crippen LogP contribution in [0.3, 0.4) is 0 Å². The minimum atomic E-state index is -0.0950. The van der Waals surface area contributed by atoms with Crippen LogP contribution in [0.25, 0.3) is 10.9 Å². The first-order chi connectivity index (χ1) is 10.8. The summed E-state index contributed by atoms with van der Waals surface area (Å²) in [5.74, 6) is 1.81. The summed E-state index contributed by atoms with van der Waals surface area (Å²) in [5, 5.41) is 7.48. The van der Waals surface area contributed by atoms with Gasteiger partial charge in [0.15, 0.2) is 0 Å². The summed E-state index contributed by atoms with van der Waals surface area (Å²) in [4.78, 5) is 26.1. The zero-order chi connectivity index (χ0) is 14.9. The van der Waals surface area contributed by atoms with Crippen molar-refractivity contribution in [1.29, 1.82) is 0 Å². The molecule has 1 unspecified atom stereocenters. The van der Waals surface area contributed by atoms with Crippen LogP contribution in [0, 0.1) is 0 Å². The monoisotopic (exact) mass is 296 g/mol. The summed E-state index contributed by atoms with van der Waals surface area (Å²) in [5.41, 5.74) is 0.630. The van der Waals surface area contributed by atoms with Gasteiger partial charge in [0.1, 0.15) is 12.2 Å². The average Bonchev–Trinajstić information content (AvgIpc) is 3.09. The molecule has 1 saturated heterocycles. The molecule has 1 aliphatic heterocycles. The fraction of sp³-hybridized carbons (Fsp3) is 0.333. The van der Waals surface area contributed by atoms with E-state index in [2.05, 4.69) is 30.0 Å². The third-order valence-electron chi connectivity index (χ3n) is 4.14. The topological polar surface area (TPSA) is 90.6 Å². The van der Waals surface area contributed by atoms with Gasteiger partial charge in [-0.25, -0.2) is 9.97 Å². The van der Waals surface area contributed by atoms with E-state index in [0.717, 1.165) is 37.3 Å². The number of piperidine rings is 1. The maximum Gasteiger partial charge on any atom is 0.260 e. The lowest BCUT2D eigenvalue weighted by atomic mass is 9.98. The zero-order valence-corrected chi connectivity index (χ0v) is 12.0. The lowest BCUT2D eigenvalue weighted by Gasteiger charge is -2.32. The summed E-state index contributed by atoms with van der Waals surface area (Å²) in [6, 6.07) is 7.40. The number of aromatic amines is 2. The van der Waals surface area contributed by atoms with E-state index in [0.29, 0.717) is 11.3 Å². The molecule has 3 heterocycles. The Hall–Kier alpha value is -2.70. The van der Waals surface area contributed by atoms with Gasteiger partial charge in [-0.1, -0.05) is 12.1 Å². The largest absolute Gasteiger partial charge is 0.342 e. The molecule has 0 bridgehead atoms. The van der Waals surface area contributed by atoms with Crippen molar-refractivity contribution in [2.75, 3.05) is 18.0 Å². The van der Waals surface area contributed by atoms with E-state index < -0.39 is 0 Å². The van der Waals surface area contributed by atoms with Crippen LogP contribution in [-0.2, 0) is 0 Å². The van der Waals surface area contributed by atoms with Crippen molar-refractivity contribution in [2.24, 2.45) is 0 Å². The van der Waals surface area contributed by atoms with Crippen molar-refractivity contribution in [1.82, 2.24) is 25.1 Å². The molecule has 0 spiro atoms. The zero-order valence-electron chi connectivity index (χ0n) is 12.0. The fourth-order valence-corrected chi connectivity index (χ4v) is 3.03. The molecule has 1 fully saturated rings. The van der Waals surface area contributed by atoms with Gasteiger partial charge in [-0.05, 0) is 25.0 Å². The van der Waals surface area contributed by atoms with Crippen LogP contribution < -0.4 is 10.5 Å². The van der Waals surface area contributed by atoms with Gasteiger partial charge in [0.2, 0.25) is 5.95 Å². The predicted molar refractivity (Wildman–Crippen MR) is 82.9 cm³/mol. The molecule has 0 aliphatic carbocycles. The third kappa shape index (κ3) is 2.24. The first-order valence-corrected chi connectivity index (χ1v) is 7.40. The van der Waals surface area contributed by atoms with Gasteiger partial charge in [0.05, 0.1) is 10.9 Å². The number of anilines is 1. The summed E-state index contributed by atoms with van der Waals surface area (Å²) < 4.78 is 0. The molecule has 0 radical (unpaired) electrons. The molecule has 3 aromatic rings. The number of benzene rings is 1. The van der Waals surface area contributed by atoms with E-state index in [4.69, 9.17) is 0 Å². The molecule has 1 aliphatic rings. The second kappa shape index (κ2) is 5.25. The van der Waals surface area contributed by atoms with Crippen molar-refractivity contribution in [3.05, 3.63) is 46.8 Å². The molecule has 1 aromatic carbocycles. The third-order valence-corrected chi connectivity index (χ3v) is 4.14. The molecule has 1 atom stereocenters. The van der Waals surface area contributed by atoms with E-state index in [-0.39, 0.29) is 11.5 Å². The highest BCUT2D eigenvalue weighted by atomic mass is 16.1. The highest BCUT2D eigenvalue weighted by Crippen LogP contribution is 2.26. The summed E-state index contributed by atoms with van der Waals surface area (Å²) in [6.07, 6.45) is 3.62. The number of nitrogens with one attached hydrogen (secondary N) is 2. The van der Waals surface area contributed by atoms with E-state index in [9.17, 15) is 4.79 Å². The van der Waals surface area contributed by atoms with Crippen LogP contribution in [0.2, 0.25) is 0 Å². The van der Waals surface area contributed by atoms with E-state index in [1.807, 2.05) is 18.2 Å². The molecule has 7 heteroatoms. The normalized spacial score (nSPS) is 18.7. The number of rotatable bonds is 2. The number of fused-ring (bicyclic) bond motifs is 1. The van der Waals surface area contributed by atoms with E-state index >= 15 is 0 Å².